The van der Waals surface area contributed by atoms with Crippen molar-refractivity contribution in [1.29, 1.82) is 0 Å². The van der Waals surface area contributed by atoms with E-state index in [-0.39, 0.29) is 12.0 Å². The number of aromatic amines is 1. The molecule has 0 unspecified atom stereocenters. The Labute approximate surface area is 144 Å². The van der Waals surface area contributed by atoms with E-state index in [1.807, 2.05) is 42.5 Å². The number of anilines is 1. The standard InChI is InChI=1S/C19H17N3O3/c23-19(18-10-17(21-22-18)13-4-2-1-3-5-13)20-14-6-8-15(9-7-14)25-16-11-24-12-16/h1-10,16H,11-12H2,(H,20,23)(H,21,22). The number of nitrogens with zero attached hydrogens (tertiary/aromatic N) is 1. The summed E-state index contributed by atoms with van der Waals surface area (Å²) in [6.07, 6.45) is 0.127. The van der Waals surface area contributed by atoms with E-state index in [9.17, 15) is 4.79 Å². The minimum Gasteiger partial charge on any atom is -0.486 e. The molecule has 1 aliphatic heterocycles. The fourth-order valence-corrected chi connectivity index (χ4v) is 2.48. The van der Waals surface area contributed by atoms with Gasteiger partial charge < -0.3 is 14.8 Å². The molecular formula is C19H17N3O3. The Morgan fingerprint density at radius 1 is 1.12 bits per heavy atom. The Morgan fingerprint density at radius 2 is 1.88 bits per heavy atom. The van der Waals surface area contributed by atoms with Gasteiger partial charge in [-0.1, -0.05) is 30.3 Å². The lowest BCUT2D eigenvalue weighted by atomic mass is 10.1. The lowest BCUT2D eigenvalue weighted by Gasteiger charge is -2.26. The van der Waals surface area contributed by atoms with Crippen LogP contribution < -0.4 is 10.1 Å². The summed E-state index contributed by atoms with van der Waals surface area (Å²) < 4.78 is 10.8. The van der Waals surface area contributed by atoms with Crippen LogP contribution in [0.25, 0.3) is 11.3 Å². The molecule has 0 atom stereocenters. The van der Waals surface area contributed by atoms with Gasteiger partial charge in [-0.3, -0.25) is 9.89 Å². The van der Waals surface area contributed by atoms with E-state index in [4.69, 9.17) is 9.47 Å². The van der Waals surface area contributed by atoms with E-state index in [2.05, 4.69) is 15.5 Å². The van der Waals surface area contributed by atoms with Crippen molar-refractivity contribution in [2.24, 2.45) is 0 Å². The van der Waals surface area contributed by atoms with E-state index < -0.39 is 0 Å². The van der Waals surface area contributed by atoms with Crippen LogP contribution in [0.15, 0.2) is 60.7 Å². The van der Waals surface area contributed by atoms with Gasteiger partial charge in [0.2, 0.25) is 0 Å². The van der Waals surface area contributed by atoms with Gasteiger partial charge in [0, 0.05) is 11.3 Å². The average molecular weight is 335 g/mol. The maximum atomic E-state index is 12.3. The second-order valence-electron chi connectivity index (χ2n) is 5.79. The molecule has 6 heteroatoms. The van der Waals surface area contributed by atoms with Crippen molar-refractivity contribution in [2.45, 2.75) is 6.10 Å². The third-order valence-electron chi connectivity index (χ3n) is 3.91. The maximum Gasteiger partial charge on any atom is 0.273 e. The van der Waals surface area contributed by atoms with E-state index in [0.29, 0.717) is 24.6 Å². The number of aromatic nitrogens is 2. The monoisotopic (exact) mass is 335 g/mol. The van der Waals surface area contributed by atoms with Crippen molar-refractivity contribution in [3.63, 3.8) is 0 Å². The second kappa shape index (κ2) is 6.78. The quantitative estimate of drug-likeness (QED) is 0.751. The predicted octanol–water partition coefficient (Wildman–Crippen LogP) is 3.11. The maximum absolute atomic E-state index is 12.3. The zero-order chi connectivity index (χ0) is 17.1. The summed E-state index contributed by atoms with van der Waals surface area (Å²) in [5.74, 6) is 0.523. The number of rotatable bonds is 5. The smallest absolute Gasteiger partial charge is 0.273 e. The summed E-state index contributed by atoms with van der Waals surface area (Å²) in [7, 11) is 0. The first-order chi connectivity index (χ1) is 12.3. The van der Waals surface area contributed by atoms with Gasteiger partial charge in [0.15, 0.2) is 0 Å². The summed E-state index contributed by atoms with van der Waals surface area (Å²) in [4.78, 5) is 12.3. The molecule has 3 aromatic rings. The van der Waals surface area contributed by atoms with Crippen LogP contribution in [0.4, 0.5) is 5.69 Å². The molecule has 1 amide bonds. The normalized spacial score (nSPS) is 13.9. The Bertz CT molecular complexity index is 855. The highest BCUT2D eigenvalue weighted by atomic mass is 16.6. The minimum atomic E-state index is -0.240. The molecule has 1 aromatic heterocycles. The first-order valence-corrected chi connectivity index (χ1v) is 8.04. The highest BCUT2D eigenvalue weighted by molar-refractivity contribution is 6.03. The highest BCUT2D eigenvalue weighted by Crippen LogP contribution is 2.20. The zero-order valence-electron chi connectivity index (χ0n) is 13.4. The van der Waals surface area contributed by atoms with Gasteiger partial charge in [-0.05, 0) is 30.3 Å². The summed E-state index contributed by atoms with van der Waals surface area (Å²) in [6.45, 7) is 1.25. The predicted molar refractivity (Wildman–Crippen MR) is 93.7 cm³/mol. The van der Waals surface area contributed by atoms with Crippen LogP contribution in [0.3, 0.4) is 0 Å². The van der Waals surface area contributed by atoms with Gasteiger partial charge in [0.25, 0.3) is 5.91 Å². The Kier molecular flexibility index (Phi) is 4.18. The summed E-state index contributed by atoms with van der Waals surface area (Å²) in [5.41, 5.74) is 2.79. The number of benzene rings is 2. The number of ether oxygens (including phenoxy) is 2. The fourth-order valence-electron chi connectivity index (χ4n) is 2.48. The molecule has 6 nitrogen and oxygen atoms in total. The number of nitrogens with one attached hydrogen (secondary N) is 2. The van der Waals surface area contributed by atoms with Crippen LogP contribution in [0.1, 0.15) is 10.5 Å². The third kappa shape index (κ3) is 3.54. The highest BCUT2D eigenvalue weighted by Gasteiger charge is 2.20. The van der Waals surface area contributed by atoms with E-state index >= 15 is 0 Å². The molecule has 2 aromatic carbocycles. The Balaban J connectivity index is 1.40. The van der Waals surface area contributed by atoms with Gasteiger partial charge in [0.1, 0.15) is 17.5 Å². The summed E-state index contributed by atoms with van der Waals surface area (Å²) in [5, 5.41) is 9.81. The number of carbonyl (C=O) groups excluding carboxylic acids is 1. The Morgan fingerprint density at radius 3 is 2.56 bits per heavy atom. The van der Waals surface area contributed by atoms with Gasteiger partial charge in [-0.15, -0.1) is 0 Å². The van der Waals surface area contributed by atoms with Gasteiger partial charge in [-0.25, -0.2) is 0 Å². The van der Waals surface area contributed by atoms with Crippen molar-refractivity contribution < 1.29 is 14.3 Å². The number of H-pyrrole nitrogens is 1. The largest absolute Gasteiger partial charge is 0.486 e. The molecule has 2 N–H and O–H groups in total. The van der Waals surface area contributed by atoms with E-state index in [1.54, 1.807) is 18.2 Å². The SMILES string of the molecule is O=C(Nc1ccc(OC2COC2)cc1)c1cc(-c2ccccc2)n[nH]1. The molecule has 0 saturated carbocycles. The van der Waals surface area contributed by atoms with Gasteiger partial charge in [-0.2, -0.15) is 5.10 Å². The average Bonchev–Trinajstić information content (AvgIpc) is 3.11. The molecule has 0 aliphatic carbocycles. The summed E-state index contributed by atoms with van der Waals surface area (Å²) in [6, 6.07) is 18.7. The first kappa shape index (κ1) is 15.4. The molecular weight excluding hydrogens is 318 g/mol. The third-order valence-corrected chi connectivity index (χ3v) is 3.91. The van der Waals surface area contributed by atoms with Crippen LogP contribution in [0.2, 0.25) is 0 Å². The van der Waals surface area contributed by atoms with Crippen LogP contribution in [-0.2, 0) is 4.74 Å². The Hall–Kier alpha value is -3.12. The van der Waals surface area contributed by atoms with E-state index in [0.717, 1.165) is 17.0 Å². The van der Waals surface area contributed by atoms with Crippen LogP contribution in [0.5, 0.6) is 5.75 Å². The van der Waals surface area contributed by atoms with E-state index in [1.165, 1.54) is 0 Å². The van der Waals surface area contributed by atoms with Crippen LogP contribution in [-0.4, -0.2) is 35.4 Å². The summed E-state index contributed by atoms with van der Waals surface area (Å²) >= 11 is 0. The first-order valence-electron chi connectivity index (χ1n) is 8.04. The zero-order valence-corrected chi connectivity index (χ0v) is 13.4. The van der Waals surface area contributed by atoms with Crippen LogP contribution in [0, 0.1) is 0 Å². The topological polar surface area (TPSA) is 76.2 Å². The molecule has 2 heterocycles. The lowest BCUT2D eigenvalue weighted by molar-refractivity contribution is -0.0796. The molecule has 126 valence electrons. The van der Waals surface area contributed by atoms with Gasteiger partial charge in [0.05, 0.1) is 18.9 Å². The fraction of sp³-hybridized carbons (Fsp3) is 0.158. The minimum absolute atomic E-state index is 0.127. The number of carbonyl (C=O) groups is 1. The molecule has 1 aliphatic rings. The molecule has 0 radical (unpaired) electrons. The van der Waals surface area contributed by atoms with Crippen molar-refractivity contribution in [2.75, 3.05) is 18.5 Å². The number of hydrogen-bond acceptors (Lipinski definition) is 4. The van der Waals surface area contributed by atoms with Crippen molar-refractivity contribution >= 4 is 11.6 Å². The lowest BCUT2D eigenvalue weighted by Crippen LogP contribution is -2.38. The van der Waals surface area contributed by atoms with Gasteiger partial charge >= 0.3 is 0 Å². The number of amides is 1. The van der Waals surface area contributed by atoms with Crippen molar-refractivity contribution in [3.05, 3.63) is 66.4 Å². The molecule has 1 fully saturated rings. The van der Waals surface area contributed by atoms with Crippen molar-refractivity contribution in [1.82, 2.24) is 10.2 Å². The van der Waals surface area contributed by atoms with Crippen LogP contribution >= 0.6 is 0 Å². The van der Waals surface area contributed by atoms with Crippen molar-refractivity contribution in [3.8, 4) is 17.0 Å². The molecule has 25 heavy (non-hydrogen) atoms. The number of hydrogen-bond donors (Lipinski definition) is 2. The molecule has 1 saturated heterocycles. The second-order valence-corrected chi connectivity index (χ2v) is 5.79. The molecule has 0 bridgehead atoms. The molecule has 0 spiro atoms. The molecule has 4 rings (SSSR count).